The first kappa shape index (κ1) is 11.2. The van der Waals surface area contributed by atoms with Gasteiger partial charge in [0.15, 0.2) is 0 Å². The number of ether oxygens (including phenoxy) is 1. The molecule has 0 radical (unpaired) electrons. The number of carbonyl (C=O) groups excluding carboxylic acids is 1. The van der Waals surface area contributed by atoms with Gasteiger partial charge in [-0.05, 0) is 26.0 Å². The van der Waals surface area contributed by atoms with E-state index in [4.69, 9.17) is 0 Å². The summed E-state index contributed by atoms with van der Waals surface area (Å²) in [6.45, 7) is 3.74. The van der Waals surface area contributed by atoms with Crippen molar-refractivity contribution in [3.63, 3.8) is 0 Å². The van der Waals surface area contributed by atoms with Crippen LogP contribution >= 0.6 is 0 Å². The van der Waals surface area contributed by atoms with Gasteiger partial charge in [-0.1, -0.05) is 12.1 Å². The monoisotopic (exact) mass is 206 g/mol. The number of carbonyl (C=O) groups is 1. The largest absolute Gasteiger partial charge is 0.465 e. The Balaban J connectivity index is 2.96. The molecule has 0 atom stereocenters. The Hall–Kier alpha value is -1.84. The molecule has 1 N–H and O–H groups in total. The van der Waals surface area contributed by atoms with Crippen molar-refractivity contribution in [2.24, 2.45) is 5.10 Å². The van der Waals surface area contributed by atoms with Gasteiger partial charge >= 0.3 is 5.97 Å². The Morgan fingerprint density at radius 2 is 2.00 bits per heavy atom. The molecule has 0 aliphatic heterocycles. The van der Waals surface area contributed by atoms with E-state index in [1.807, 2.05) is 19.9 Å². The Morgan fingerprint density at radius 3 is 2.60 bits per heavy atom. The summed E-state index contributed by atoms with van der Waals surface area (Å²) >= 11 is 0. The van der Waals surface area contributed by atoms with Crippen LogP contribution in [0.5, 0.6) is 0 Å². The molecular formula is C11H14N2O2. The normalized spacial score (nSPS) is 9.27. The van der Waals surface area contributed by atoms with Crippen LogP contribution in [0.15, 0.2) is 29.4 Å². The van der Waals surface area contributed by atoms with Crippen LogP contribution in [0, 0.1) is 0 Å². The third kappa shape index (κ3) is 3.09. The number of methoxy groups -OCH3 is 1. The molecule has 1 aromatic carbocycles. The van der Waals surface area contributed by atoms with E-state index in [-0.39, 0.29) is 5.97 Å². The minimum Gasteiger partial charge on any atom is -0.465 e. The quantitative estimate of drug-likeness (QED) is 0.469. The molecular weight excluding hydrogens is 192 g/mol. The van der Waals surface area contributed by atoms with Gasteiger partial charge in [0.2, 0.25) is 0 Å². The van der Waals surface area contributed by atoms with E-state index in [0.717, 1.165) is 5.71 Å². The summed E-state index contributed by atoms with van der Waals surface area (Å²) in [4.78, 5) is 11.4. The van der Waals surface area contributed by atoms with E-state index in [1.54, 1.807) is 18.2 Å². The van der Waals surface area contributed by atoms with Gasteiger partial charge in [0, 0.05) is 5.71 Å². The van der Waals surface area contributed by atoms with Crippen molar-refractivity contribution < 1.29 is 9.53 Å². The number of hydrogen-bond donors (Lipinski definition) is 1. The van der Waals surface area contributed by atoms with Gasteiger partial charge in [0.05, 0.1) is 18.4 Å². The average Bonchev–Trinajstić information content (AvgIpc) is 2.25. The number of nitrogens with one attached hydrogen (secondary N) is 1. The topological polar surface area (TPSA) is 50.7 Å². The Kier molecular flexibility index (Phi) is 3.85. The van der Waals surface area contributed by atoms with Crippen LogP contribution in [-0.4, -0.2) is 18.8 Å². The molecule has 1 aromatic rings. The molecule has 15 heavy (non-hydrogen) atoms. The number of hydrazone groups is 1. The summed E-state index contributed by atoms with van der Waals surface area (Å²) in [5.41, 5.74) is 4.82. The zero-order valence-electron chi connectivity index (χ0n) is 9.07. The minimum atomic E-state index is -0.373. The highest BCUT2D eigenvalue weighted by molar-refractivity contribution is 5.95. The van der Waals surface area contributed by atoms with Crippen LogP contribution in [0.3, 0.4) is 0 Å². The first-order valence-corrected chi connectivity index (χ1v) is 4.59. The lowest BCUT2D eigenvalue weighted by atomic mass is 10.2. The van der Waals surface area contributed by atoms with Gasteiger partial charge < -0.3 is 4.74 Å². The summed E-state index contributed by atoms with van der Waals surface area (Å²) in [7, 11) is 1.35. The smallest absolute Gasteiger partial charge is 0.340 e. The van der Waals surface area contributed by atoms with Crippen LogP contribution in [0.25, 0.3) is 0 Å². The predicted octanol–water partition coefficient (Wildman–Crippen LogP) is 2.28. The molecule has 4 nitrogen and oxygen atoms in total. The zero-order valence-corrected chi connectivity index (χ0v) is 9.07. The molecule has 0 unspecified atom stereocenters. The van der Waals surface area contributed by atoms with Crippen LogP contribution in [0.4, 0.5) is 5.69 Å². The number of rotatable bonds is 3. The number of para-hydroxylation sites is 1. The third-order valence-corrected chi connectivity index (χ3v) is 1.73. The predicted molar refractivity (Wildman–Crippen MR) is 60.2 cm³/mol. The van der Waals surface area contributed by atoms with Gasteiger partial charge in [-0.2, -0.15) is 5.10 Å². The van der Waals surface area contributed by atoms with Gasteiger partial charge in [-0.3, -0.25) is 5.43 Å². The van der Waals surface area contributed by atoms with Gasteiger partial charge in [-0.15, -0.1) is 0 Å². The fourth-order valence-electron chi connectivity index (χ4n) is 1.04. The summed E-state index contributed by atoms with van der Waals surface area (Å²) < 4.78 is 4.66. The highest BCUT2D eigenvalue weighted by Crippen LogP contribution is 2.15. The SMILES string of the molecule is COC(=O)c1ccccc1NN=C(C)C. The van der Waals surface area contributed by atoms with E-state index in [9.17, 15) is 4.79 Å². The second-order valence-corrected chi connectivity index (χ2v) is 3.21. The van der Waals surface area contributed by atoms with E-state index in [1.165, 1.54) is 7.11 Å². The molecule has 0 spiro atoms. The van der Waals surface area contributed by atoms with Gasteiger partial charge in [0.1, 0.15) is 0 Å². The standard InChI is InChI=1S/C11H14N2O2/c1-8(2)12-13-10-7-5-4-6-9(10)11(14)15-3/h4-7,13H,1-3H3. The van der Waals surface area contributed by atoms with E-state index in [0.29, 0.717) is 11.3 Å². The summed E-state index contributed by atoms with van der Waals surface area (Å²) in [5, 5.41) is 4.03. The third-order valence-electron chi connectivity index (χ3n) is 1.73. The molecule has 80 valence electrons. The van der Waals surface area contributed by atoms with E-state index >= 15 is 0 Å². The lowest BCUT2D eigenvalue weighted by molar-refractivity contribution is 0.0602. The fraction of sp³-hybridized carbons (Fsp3) is 0.273. The van der Waals surface area contributed by atoms with Crippen molar-refractivity contribution in [2.45, 2.75) is 13.8 Å². The van der Waals surface area contributed by atoms with Crippen molar-refractivity contribution in [3.05, 3.63) is 29.8 Å². The van der Waals surface area contributed by atoms with Crippen molar-refractivity contribution in [3.8, 4) is 0 Å². The summed E-state index contributed by atoms with van der Waals surface area (Å²) in [6.07, 6.45) is 0. The Morgan fingerprint density at radius 1 is 1.33 bits per heavy atom. The molecule has 0 heterocycles. The maximum absolute atomic E-state index is 11.4. The Bertz CT molecular complexity index is 382. The minimum absolute atomic E-state index is 0.373. The average molecular weight is 206 g/mol. The molecule has 0 aromatic heterocycles. The number of anilines is 1. The van der Waals surface area contributed by atoms with Crippen molar-refractivity contribution >= 4 is 17.4 Å². The molecule has 4 heteroatoms. The lowest BCUT2D eigenvalue weighted by Crippen LogP contribution is -2.05. The summed E-state index contributed by atoms with van der Waals surface area (Å²) in [6, 6.07) is 7.07. The first-order chi connectivity index (χ1) is 7.15. The van der Waals surface area contributed by atoms with Crippen molar-refractivity contribution in [1.29, 1.82) is 0 Å². The van der Waals surface area contributed by atoms with Crippen LogP contribution in [0.2, 0.25) is 0 Å². The second-order valence-electron chi connectivity index (χ2n) is 3.21. The molecule has 1 rings (SSSR count). The maximum atomic E-state index is 11.4. The molecule has 0 aliphatic rings. The second kappa shape index (κ2) is 5.14. The number of esters is 1. The van der Waals surface area contributed by atoms with Crippen molar-refractivity contribution in [2.75, 3.05) is 12.5 Å². The molecule has 0 saturated heterocycles. The van der Waals surface area contributed by atoms with Gasteiger partial charge in [0.25, 0.3) is 0 Å². The van der Waals surface area contributed by atoms with E-state index in [2.05, 4.69) is 15.3 Å². The van der Waals surface area contributed by atoms with E-state index < -0.39 is 0 Å². The molecule has 0 saturated carbocycles. The molecule has 0 fully saturated rings. The maximum Gasteiger partial charge on any atom is 0.340 e. The highest BCUT2D eigenvalue weighted by atomic mass is 16.5. The van der Waals surface area contributed by atoms with Crippen molar-refractivity contribution in [1.82, 2.24) is 0 Å². The van der Waals surface area contributed by atoms with Crippen LogP contribution < -0.4 is 5.43 Å². The first-order valence-electron chi connectivity index (χ1n) is 4.59. The van der Waals surface area contributed by atoms with Gasteiger partial charge in [-0.25, -0.2) is 4.79 Å². The number of benzene rings is 1. The highest BCUT2D eigenvalue weighted by Gasteiger charge is 2.09. The molecule has 0 bridgehead atoms. The fourth-order valence-corrected chi connectivity index (χ4v) is 1.04. The Labute approximate surface area is 88.9 Å². The molecule has 0 amide bonds. The molecule has 0 aliphatic carbocycles. The number of nitrogens with zero attached hydrogens (tertiary/aromatic N) is 1. The zero-order chi connectivity index (χ0) is 11.3. The number of hydrogen-bond acceptors (Lipinski definition) is 4. The van der Waals surface area contributed by atoms with Crippen LogP contribution in [0.1, 0.15) is 24.2 Å². The van der Waals surface area contributed by atoms with Crippen LogP contribution in [-0.2, 0) is 4.74 Å². The lowest BCUT2D eigenvalue weighted by Gasteiger charge is -2.06. The summed E-state index contributed by atoms with van der Waals surface area (Å²) in [5.74, 6) is -0.373.